The predicted octanol–water partition coefficient (Wildman–Crippen LogP) is 2.29. The fourth-order valence-electron chi connectivity index (χ4n) is 1.33. The Balaban J connectivity index is 0.00000196. The van der Waals surface area contributed by atoms with E-state index in [4.69, 9.17) is 0 Å². The third kappa shape index (κ3) is 4.67. The van der Waals surface area contributed by atoms with Gasteiger partial charge in [-0.15, -0.1) is 12.4 Å². The van der Waals surface area contributed by atoms with Gasteiger partial charge in [-0.3, -0.25) is 4.68 Å². The maximum Gasteiger partial charge on any atom is 0.0537 e. The first kappa shape index (κ1) is 14.5. The standard InChI is InChI=1S/C11H21N3.ClH/c1-9(2)5-6-12-7-11-8-13-14(4)10(11)3;/h8-9,12H,5-7H2,1-4H3;1H. The van der Waals surface area contributed by atoms with E-state index >= 15 is 0 Å². The van der Waals surface area contributed by atoms with Gasteiger partial charge in [-0.05, 0) is 25.8 Å². The lowest BCUT2D eigenvalue weighted by Crippen LogP contribution is -2.16. The molecule has 1 heterocycles. The van der Waals surface area contributed by atoms with Crippen molar-refractivity contribution in [3.8, 4) is 0 Å². The summed E-state index contributed by atoms with van der Waals surface area (Å²) in [6.07, 6.45) is 3.18. The van der Waals surface area contributed by atoms with Crippen LogP contribution in [-0.2, 0) is 13.6 Å². The molecule has 0 amide bonds. The van der Waals surface area contributed by atoms with E-state index in [9.17, 15) is 0 Å². The van der Waals surface area contributed by atoms with Crippen LogP contribution in [0.2, 0.25) is 0 Å². The Morgan fingerprint density at radius 1 is 1.47 bits per heavy atom. The second-order valence-electron chi connectivity index (χ2n) is 4.24. The Morgan fingerprint density at radius 2 is 2.13 bits per heavy atom. The second kappa shape index (κ2) is 6.85. The second-order valence-corrected chi connectivity index (χ2v) is 4.24. The Bertz CT molecular complexity index is 281. The van der Waals surface area contributed by atoms with E-state index in [2.05, 4.69) is 31.2 Å². The zero-order valence-corrected chi connectivity index (χ0v) is 10.9. The lowest BCUT2D eigenvalue weighted by molar-refractivity contribution is 0.537. The highest BCUT2D eigenvalue weighted by atomic mass is 35.5. The molecule has 1 aromatic heterocycles. The number of rotatable bonds is 5. The Morgan fingerprint density at radius 3 is 2.60 bits per heavy atom. The molecule has 0 aliphatic heterocycles. The highest BCUT2D eigenvalue weighted by Gasteiger charge is 2.02. The molecule has 0 aliphatic rings. The van der Waals surface area contributed by atoms with E-state index in [-0.39, 0.29) is 12.4 Å². The zero-order chi connectivity index (χ0) is 10.6. The van der Waals surface area contributed by atoms with Crippen LogP contribution in [0.25, 0.3) is 0 Å². The van der Waals surface area contributed by atoms with Gasteiger partial charge in [0.1, 0.15) is 0 Å². The molecule has 0 saturated heterocycles. The first-order chi connectivity index (χ1) is 6.61. The van der Waals surface area contributed by atoms with Crippen molar-refractivity contribution in [3.05, 3.63) is 17.5 Å². The SMILES string of the molecule is Cc1c(CNCCC(C)C)cnn1C.Cl. The summed E-state index contributed by atoms with van der Waals surface area (Å²) in [4.78, 5) is 0. The lowest BCUT2D eigenvalue weighted by atomic mass is 10.1. The molecule has 0 radical (unpaired) electrons. The minimum Gasteiger partial charge on any atom is -0.313 e. The van der Waals surface area contributed by atoms with Gasteiger partial charge in [0, 0.05) is 24.8 Å². The van der Waals surface area contributed by atoms with Crippen LogP contribution in [0.15, 0.2) is 6.20 Å². The summed E-state index contributed by atoms with van der Waals surface area (Å²) in [5, 5.41) is 7.64. The number of aromatic nitrogens is 2. The minimum absolute atomic E-state index is 0. The van der Waals surface area contributed by atoms with E-state index < -0.39 is 0 Å². The molecule has 0 atom stereocenters. The summed E-state index contributed by atoms with van der Waals surface area (Å²) in [5.74, 6) is 0.775. The smallest absolute Gasteiger partial charge is 0.0537 e. The number of hydrogen-bond donors (Lipinski definition) is 1. The molecule has 0 saturated carbocycles. The van der Waals surface area contributed by atoms with Crippen LogP contribution in [0.5, 0.6) is 0 Å². The van der Waals surface area contributed by atoms with Gasteiger partial charge in [0.25, 0.3) is 0 Å². The number of aryl methyl sites for hydroxylation is 1. The molecule has 15 heavy (non-hydrogen) atoms. The van der Waals surface area contributed by atoms with Gasteiger partial charge >= 0.3 is 0 Å². The summed E-state index contributed by atoms with van der Waals surface area (Å²) in [5.41, 5.74) is 2.55. The van der Waals surface area contributed by atoms with E-state index in [1.807, 2.05) is 17.9 Å². The Labute approximate surface area is 98.7 Å². The van der Waals surface area contributed by atoms with Crippen molar-refractivity contribution in [1.29, 1.82) is 0 Å². The lowest BCUT2D eigenvalue weighted by Gasteiger charge is -2.06. The van der Waals surface area contributed by atoms with Crippen molar-refractivity contribution < 1.29 is 0 Å². The number of hydrogen-bond acceptors (Lipinski definition) is 2. The molecule has 0 fully saturated rings. The molecule has 4 heteroatoms. The fraction of sp³-hybridized carbons (Fsp3) is 0.727. The maximum atomic E-state index is 4.21. The number of nitrogens with one attached hydrogen (secondary N) is 1. The van der Waals surface area contributed by atoms with Crippen LogP contribution >= 0.6 is 12.4 Å². The van der Waals surface area contributed by atoms with Crippen molar-refractivity contribution in [2.24, 2.45) is 13.0 Å². The molecule has 0 bridgehead atoms. The summed E-state index contributed by atoms with van der Waals surface area (Å²) in [7, 11) is 1.98. The van der Waals surface area contributed by atoms with Crippen molar-refractivity contribution in [2.45, 2.75) is 33.7 Å². The maximum absolute atomic E-state index is 4.21. The van der Waals surface area contributed by atoms with Crippen molar-refractivity contribution >= 4 is 12.4 Å². The van der Waals surface area contributed by atoms with Crippen LogP contribution in [-0.4, -0.2) is 16.3 Å². The zero-order valence-electron chi connectivity index (χ0n) is 10.1. The average Bonchev–Trinajstić information content (AvgIpc) is 2.43. The summed E-state index contributed by atoms with van der Waals surface area (Å²) >= 11 is 0. The molecular weight excluding hydrogens is 210 g/mol. The van der Waals surface area contributed by atoms with Gasteiger partial charge < -0.3 is 5.32 Å². The first-order valence-corrected chi connectivity index (χ1v) is 5.29. The molecule has 0 aliphatic carbocycles. The fourth-order valence-corrected chi connectivity index (χ4v) is 1.33. The van der Waals surface area contributed by atoms with Gasteiger partial charge in [0.15, 0.2) is 0 Å². The van der Waals surface area contributed by atoms with E-state index in [0.29, 0.717) is 0 Å². The van der Waals surface area contributed by atoms with E-state index in [0.717, 1.165) is 19.0 Å². The van der Waals surface area contributed by atoms with Crippen molar-refractivity contribution in [3.63, 3.8) is 0 Å². The summed E-state index contributed by atoms with van der Waals surface area (Å²) < 4.78 is 1.92. The van der Waals surface area contributed by atoms with Crippen LogP contribution in [0.1, 0.15) is 31.5 Å². The summed E-state index contributed by atoms with van der Waals surface area (Å²) in [6.45, 7) is 8.62. The highest BCUT2D eigenvalue weighted by molar-refractivity contribution is 5.85. The van der Waals surface area contributed by atoms with Crippen LogP contribution < -0.4 is 5.32 Å². The first-order valence-electron chi connectivity index (χ1n) is 5.29. The van der Waals surface area contributed by atoms with Gasteiger partial charge in [-0.25, -0.2) is 0 Å². The topological polar surface area (TPSA) is 29.9 Å². The third-order valence-corrected chi connectivity index (χ3v) is 2.55. The largest absolute Gasteiger partial charge is 0.313 e. The van der Waals surface area contributed by atoms with Crippen molar-refractivity contribution in [1.82, 2.24) is 15.1 Å². The van der Waals surface area contributed by atoms with Gasteiger partial charge in [0.2, 0.25) is 0 Å². The minimum atomic E-state index is 0. The number of halogens is 1. The predicted molar refractivity (Wildman–Crippen MR) is 66.4 cm³/mol. The van der Waals surface area contributed by atoms with Crippen molar-refractivity contribution in [2.75, 3.05) is 6.54 Å². The normalized spacial score (nSPS) is 10.5. The van der Waals surface area contributed by atoms with E-state index in [1.165, 1.54) is 17.7 Å². The molecule has 0 spiro atoms. The average molecular weight is 232 g/mol. The van der Waals surface area contributed by atoms with Gasteiger partial charge in [-0.1, -0.05) is 13.8 Å². The molecule has 1 N–H and O–H groups in total. The van der Waals surface area contributed by atoms with Crippen LogP contribution in [0.4, 0.5) is 0 Å². The summed E-state index contributed by atoms with van der Waals surface area (Å²) in [6, 6.07) is 0. The van der Waals surface area contributed by atoms with Gasteiger partial charge in [-0.2, -0.15) is 5.10 Å². The molecular formula is C11H22ClN3. The molecule has 0 aromatic carbocycles. The molecule has 88 valence electrons. The van der Waals surface area contributed by atoms with Gasteiger partial charge in [0.05, 0.1) is 6.20 Å². The van der Waals surface area contributed by atoms with Crippen LogP contribution in [0, 0.1) is 12.8 Å². The Hall–Kier alpha value is -0.540. The Kier molecular flexibility index (Phi) is 6.61. The highest BCUT2D eigenvalue weighted by Crippen LogP contribution is 2.05. The molecule has 1 rings (SSSR count). The van der Waals surface area contributed by atoms with Crippen LogP contribution in [0.3, 0.4) is 0 Å². The number of nitrogens with zero attached hydrogens (tertiary/aromatic N) is 2. The molecule has 3 nitrogen and oxygen atoms in total. The molecule has 1 aromatic rings. The monoisotopic (exact) mass is 231 g/mol. The third-order valence-electron chi connectivity index (χ3n) is 2.55. The quantitative estimate of drug-likeness (QED) is 0.789. The molecule has 0 unspecified atom stereocenters. The van der Waals surface area contributed by atoms with E-state index in [1.54, 1.807) is 0 Å².